The van der Waals surface area contributed by atoms with Gasteiger partial charge in [0.1, 0.15) is 0 Å². The van der Waals surface area contributed by atoms with Crippen LogP contribution in [-0.4, -0.2) is 41.6 Å². The number of likely N-dealkylation sites (tertiary alicyclic amines) is 1. The molecule has 0 unspecified atom stereocenters. The minimum atomic E-state index is -0.815. The zero-order chi connectivity index (χ0) is 14.5. The van der Waals surface area contributed by atoms with Crippen molar-refractivity contribution in [3.8, 4) is 0 Å². The molecular weight excluding hydrogens is 256 g/mol. The summed E-state index contributed by atoms with van der Waals surface area (Å²) in [5.74, 6) is -1.26. The molecule has 0 radical (unpaired) electrons. The molecule has 1 aromatic carbocycles. The van der Waals surface area contributed by atoms with Crippen LogP contribution in [0.15, 0.2) is 30.3 Å². The number of nitrogens with zero attached hydrogens (tertiary/aromatic N) is 2. The maximum Gasteiger partial charge on any atom is 0.324 e. The van der Waals surface area contributed by atoms with Crippen LogP contribution in [-0.2, 0) is 4.79 Å². The lowest BCUT2D eigenvalue weighted by Crippen LogP contribution is -2.49. The Labute approximate surface area is 118 Å². The van der Waals surface area contributed by atoms with Gasteiger partial charge in [0.15, 0.2) is 0 Å². The number of amides is 2. The summed E-state index contributed by atoms with van der Waals surface area (Å²) >= 11 is 0. The van der Waals surface area contributed by atoms with Gasteiger partial charge in [-0.2, -0.15) is 0 Å². The van der Waals surface area contributed by atoms with Crippen LogP contribution in [0.4, 0.5) is 10.5 Å². The third-order valence-electron chi connectivity index (χ3n) is 3.66. The van der Waals surface area contributed by atoms with Crippen LogP contribution in [0, 0.1) is 5.92 Å². The highest BCUT2D eigenvalue weighted by molar-refractivity contribution is 5.92. The Kier molecular flexibility index (Phi) is 4.61. The minimum Gasteiger partial charge on any atom is -0.481 e. The van der Waals surface area contributed by atoms with Gasteiger partial charge < -0.3 is 10.0 Å². The van der Waals surface area contributed by atoms with Crippen molar-refractivity contribution >= 4 is 17.7 Å². The molecule has 1 aliphatic rings. The number of carbonyl (C=O) groups excluding carboxylic acids is 1. The van der Waals surface area contributed by atoms with Crippen LogP contribution in [0.3, 0.4) is 0 Å². The highest BCUT2D eigenvalue weighted by Crippen LogP contribution is 2.21. The van der Waals surface area contributed by atoms with Crippen molar-refractivity contribution in [2.24, 2.45) is 5.92 Å². The largest absolute Gasteiger partial charge is 0.481 e. The Morgan fingerprint density at radius 3 is 2.65 bits per heavy atom. The number of para-hydroxylation sites is 1. The molecule has 0 bridgehead atoms. The van der Waals surface area contributed by atoms with Crippen molar-refractivity contribution in [3.63, 3.8) is 0 Å². The molecule has 0 aromatic heterocycles. The van der Waals surface area contributed by atoms with Crippen molar-refractivity contribution in [2.75, 3.05) is 24.5 Å². The summed E-state index contributed by atoms with van der Waals surface area (Å²) in [5, 5.41) is 9.10. The zero-order valence-corrected chi connectivity index (χ0v) is 11.7. The van der Waals surface area contributed by atoms with Gasteiger partial charge in [0, 0.05) is 25.3 Å². The second kappa shape index (κ2) is 6.41. The number of carboxylic acid groups (broad SMARTS) is 1. The van der Waals surface area contributed by atoms with Crippen molar-refractivity contribution in [1.29, 1.82) is 0 Å². The number of carbonyl (C=O) groups is 2. The SMILES string of the molecule is CCN(C(=O)N1CCC[C@@H](C(=O)O)C1)c1ccccc1. The van der Waals surface area contributed by atoms with Crippen LogP contribution in [0.2, 0.25) is 0 Å². The molecule has 5 nitrogen and oxygen atoms in total. The maximum absolute atomic E-state index is 12.6. The van der Waals surface area contributed by atoms with Gasteiger partial charge in [0.2, 0.25) is 0 Å². The van der Waals surface area contributed by atoms with Gasteiger partial charge in [-0.1, -0.05) is 18.2 Å². The average Bonchev–Trinajstić information content (AvgIpc) is 2.49. The molecule has 108 valence electrons. The Morgan fingerprint density at radius 1 is 1.35 bits per heavy atom. The van der Waals surface area contributed by atoms with E-state index in [1.54, 1.807) is 9.80 Å². The van der Waals surface area contributed by atoms with Crippen molar-refractivity contribution in [2.45, 2.75) is 19.8 Å². The molecule has 0 saturated carbocycles. The standard InChI is InChI=1S/C15H20N2O3/c1-2-17(13-8-4-3-5-9-13)15(20)16-10-6-7-12(11-16)14(18)19/h3-5,8-9,12H,2,6-7,10-11H2,1H3,(H,18,19)/t12-/m1/s1. The smallest absolute Gasteiger partial charge is 0.324 e. The maximum atomic E-state index is 12.6. The predicted molar refractivity (Wildman–Crippen MR) is 76.8 cm³/mol. The molecule has 1 heterocycles. The number of aliphatic carboxylic acids is 1. The number of hydrogen-bond acceptors (Lipinski definition) is 2. The average molecular weight is 276 g/mol. The number of benzene rings is 1. The van der Waals surface area contributed by atoms with E-state index in [1.165, 1.54) is 0 Å². The van der Waals surface area contributed by atoms with Gasteiger partial charge in [-0.3, -0.25) is 9.69 Å². The van der Waals surface area contributed by atoms with Crippen LogP contribution in [0.5, 0.6) is 0 Å². The fraction of sp³-hybridized carbons (Fsp3) is 0.467. The Hall–Kier alpha value is -2.04. The summed E-state index contributed by atoms with van der Waals surface area (Å²) < 4.78 is 0. The number of piperidine rings is 1. The summed E-state index contributed by atoms with van der Waals surface area (Å²) in [6.07, 6.45) is 1.39. The van der Waals surface area contributed by atoms with Crippen LogP contribution in [0.25, 0.3) is 0 Å². The first-order chi connectivity index (χ1) is 9.63. The molecule has 1 aromatic rings. The Balaban J connectivity index is 2.11. The quantitative estimate of drug-likeness (QED) is 0.922. The van der Waals surface area contributed by atoms with E-state index in [0.29, 0.717) is 26.1 Å². The molecule has 5 heteroatoms. The van der Waals surface area contributed by atoms with E-state index in [4.69, 9.17) is 5.11 Å². The van der Waals surface area contributed by atoms with Gasteiger partial charge in [-0.25, -0.2) is 4.79 Å². The lowest BCUT2D eigenvalue weighted by Gasteiger charge is -2.34. The molecule has 1 aliphatic heterocycles. The van der Waals surface area contributed by atoms with Crippen molar-refractivity contribution in [3.05, 3.63) is 30.3 Å². The lowest BCUT2D eigenvalue weighted by atomic mass is 9.98. The van der Waals surface area contributed by atoms with E-state index in [2.05, 4.69) is 0 Å². The Bertz CT molecular complexity index is 475. The molecule has 2 rings (SSSR count). The van der Waals surface area contributed by atoms with Crippen LogP contribution >= 0.6 is 0 Å². The van der Waals surface area contributed by atoms with Crippen molar-refractivity contribution < 1.29 is 14.7 Å². The monoisotopic (exact) mass is 276 g/mol. The van der Waals surface area contributed by atoms with E-state index in [9.17, 15) is 9.59 Å². The van der Waals surface area contributed by atoms with E-state index < -0.39 is 11.9 Å². The van der Waals surface area contributed by atoms with Gasteiger partial charge in [-0.05, 0) is 31.9 Å². The Morgan fingerprint density at radius 2 is 2.05 bits per heavy atom. The fourth-order valence-electron chi connectivity index (χ4n) is 2.56. The number of anilines is 1. The molecule has 20 heavy (non-hydrogen) atoms. The normalized spacial score (nSPS) is 18.6. The molecule has 0 spiro atoms. The van der Waals surface area contributed by atoms with E-state index >= 15 is 0 Å². The summed E-state index contributed by atoms with van der Waals surface area (Å²) in [7, 11) is 0. The fourth-order valence-corrected chi connectivity index (χ4v) is 2.56. The third kappa shape index (κ3) is 3.10. The lowest BCUT2D eigenvalue weighted by molar-refractivity contribution is -0.143. The zero-order valence-electron chi connectivity index (χ0n) is 11.7. The first-order valence-corrected chi connectivity index (χ1v) is 6.97. The van der Waals surface area contributed by atoms with Gasteiger partial charge >= 0.3 is 12.0 Å². The van der Waals surface area contributed by atoms with E-state index in [1.807, 2.05) is 37.3 Å². The van der Waals surface area contributed by atoms with E-state index in [-0.39, 0.29) is 6.03 Å². The first-order valence-electron chi connectivity index (χ1n) is 6.97. The molecule has 0 aliphatic carbocycles. The molecule has 1 fully saturated rings. The number of carboxylic acids is 1. The minimum absolute atomic E-state index is 0.107. The van der Waals surface area contributed by atoms with Crippen LogP contribution in [0.1, 0.15) is 19.8 Å². The van der Waals surface area contributed by atoms with Gasteiger partial charge in [-0.15, -0.1) is 0 Å². The molecule has 1 atom stereocenters. The highest BCUT2D eigenvalue weighted by Gasteiger charge is 2.30. The van der Waals surface area contributed by atoms with Crippen molar-refractivity contribution in [1.82, 2.24) is 4.90 Å². The number of hydrogen-bond donors (Lipinski definition) is 1. The summed E-state index contributed by atoms with van der Waals surface area (Å²) in [4.78, 5) is 27.0. The molecule has 1 saturated heterocycles. The van der Waals surface area contributed by atoms with Gasteiger partial charge in [0.05, 0.1) is 5.92 Å². The summed E-state index contributed by atoms with van der Waals surface area (Å²) in [6.45, 7) is 3.42. The second-order valence-electron chi connectivity index (χ2n) is 4.99. The first kappa shape index (κ1) is 14.4. The molecular formula is C15H20N2O3. The van der Waals surface area contributed by atoms with E-state index in [0.717, 1.165) is 12.1 Å². The predicted octanol–water partition coefficient (Wildman–Crippen LogP) is 2.43. The molecule has 2 amide bonds. The third-order valence-corrected chi connectivity index (χ3v) is 3.66. The summed E-state index contributed by atoms with van der Waals surface area (Å²) in [5.41, 5.74) is 0.845. The number of urea groups is 1. The number of rotatable bonds is 3. The van der Waals surface area contributed by atoms with Gasteiger partial charge in [0.25, 0.3) is 0 Å². The second-order valence-corrected chi connectivity index (χ2v) is 4.99. The summed E-state index contributed by atoms with van der Waals surface area (Å²) in [6, 6.07) is 9.36. The molecule has 1 N–H and O–H groups in total. The highest BCUT2D eigenvalue weighted by atomic mass is 16.4. The van der Waals surface area contributed by atoms with Crippen LogP contribution < -0.4 is 4.90 Å². The topological polar surface area (TPSA) is 60.9 Å².